The molecule has 2 N–H and O–H groups in total. The van der Waals surface area contributed by atoms with Crippen molar-refractivity contribution >= 4 is 23.3 Å². The molecule has 3 aliphatic heterocycles. The molecule has 7 rings (SSSR count). The van der Waals surface area contributed by atoms with Crippen molar-refractivity contribution in [3.05, 3.63) is 41.5 Å². The van der Waals surface area contributed by atoms with Crippen LogP contribution < -0.4 is 15.4 Å². The van der Waals surface area contributed by atoms with Gasteiger partial charge in [-0.1, -0.05) is 0 Å². The number of ether oxygens (including phenoxy) is 2. The Morgan fingerprint density at radius 1 is 1.12 bits per heavy atom. The maximum absolute atomic E-state index is 15.3. The molecule has 2 saturated carbocycles. The summed E-state index contributed by atoms with van der Waals surface area (Å²) in [6.07, 6.45) is 7.21. The molecular formula is C30H36FN5O5. The van der Waals surface area contributed by atoms with Crippen LogP contribution in [0.25, 0.3) is 0 Å². The van der Waals surface area contributed by atoms with Crippen molar-refractivity contribution in [3.63, 3.8) is 0 Å². The molecule has 1 aromatic carbocycles. The standard InChI is InChI=1S/C30H36FN5O5/c1-35-23(6-9-32-35)28(38)34-27(26(17-2-3-17)18-4-5-18)29(39)33-22-13-25-20(12-21(22)31)24(37)14-30(41-25)7-10-36(11-8-30)19-15-40-16-19/h6,9,12-13,17-19,26-27H,2-5,7-8,10-11,14-16H2,1H3,(H,33,39)(H,34,38)/t27-/m0/s1. The van der Waals surface area contributed by atoms with Crippen molar-refractivity contribution in [1.82, 2.24) is 20.0 Å². The molecule has 4 fully saturated rings. The third-order valence-electron chi connectivity index (χ3n) is 9.62. The fraction of sp³-hybridized carbons (Fsp3) is 0.600. The predicted octanol–water partition coefficient (Wildman–Crippen LogP) is 2.93. The van der Waals surface area contributed by atoms with E-state index in [1.54, 1.807) is 13.1 Å². The second-order valence-electron chi connectivity index (χ2n) is 12.5. The van der Waals surface area contributed by atoms with Gasteiger partial charge < -0.3 is 20.1 Å². The Kier molecular flexibility index (Phi) is 6.61. The van der Waals surface area contributed by atoms with Crippen molar-refractivity contribution in [3.8, 4) is 5.75 Å². The zero-order valence-electron chi connectivity index (χ0n) is 23.2. The molecule has 41 heavy (non-hydrogen) atoms. The molecule has 2 aromatic rings. The van der Waals surface area contributed by atoms with E-state index in [0.717, 1.165) is 52.0 Å². The minimum atomic E-state index is -0.818. The average Bonchev–Trinajstić information content (AvgIpc) is 3.85. The second kappa shape index (κ2) is 10.2. The van der Waals surface area contributed by atoms with Gasteiger partial charge in [0.25, 0.3) is 5.91 Å². The highest BCUT2D eigenvalue weighted by molar-refractivity contribution is 6.03. The van der Waals surface area contributed by atoms with Crippen LogP contribution in [0.15, 0.2) is 24.4 Å². The number of hydrogen-bond acceptors (Lipinski definition) is 7. The van der Waals surface area contributed by atoms with E-state index in [4.69, 9.17) is 9.47 Å². The molecule has 2 saturated heterocycles. The maximum atomic E-state index is 15.3. The van der Waals surface area contributed by atoms with Crippen molar-refractivity contribution in [1.29, 1.82) is 0 Å². The fourth-order valence-electron chi connectivity index (χ4n) is 6.87. The van der Waals surface area contributed by atoms with Crippen LogP contribution in [0.3, 0.4) is 0 Å². The van der Waals surface area contributed by atoms with Crippen LogP contribution in [-0.2, 0) is 16.6 Å². The van der Waals surface area contributed by atoms with Gasteiger partial charge in [0.05, 0.1) is 36.9 Å². The van der Waals surface area contributed by atoms with E-state index >= 15 is 4.39 Å². The summed E-state index contributed by atoms with van der Waals surface area (Å²) in [4.78, 5) is 42.4. The number of carbonyl (C=O) groups excluding carboxylic acids is 3. The number of likely N-dealkylation sites (tertiary alicyclic amines) is 1. The normalized spacial score (nSPS) is 23.0. The minimum absolute atomic E-state index is 0.0137. The number of piperidine rings is 1. The zero-order chi connectivity index (χ0) is 28.3. The van der Waals surface area contributed by atoms with Crippen LogP contribution in [0, 0.1) is 23.6 Å². The Morgan fingerprint density at radius 3 is 2.41 bits per heavy atom. The third-order valence-corrected chi connectivity index (χ3v) is 9.62. The number of ketones is 1. The smallest absolute Gasteiger partial charge is 0.270 e. The number of nitrogens with one attached hydrogen (secondary N) is 2. The monoisotopic (exact) mass is 565 g/mol. The fourth-order valence-corrected chi connectivity index (χ4v) is 6.87. The zero-order valence-corrected chi connectivity index (χ0v) is 23.2. The number of carbonyl (C=O) groups is 3. The topological polar surface area (TPSA) is 115 Å². The van der Waals surface area contributed by atoms with Gasteiger partial charge in [-0.3, -0.25) is 24.0 Å². The molecule has 1 aromatic heterocycles. The van der Waals surface area contributed by atoms with Crippen molar-refractivity contribution in [2.45, 2.75) is 62.6 Å². The molecule has 0 unspecified atom stereocenters. The SMILES string of the molecule is Cn1nccc1C(=O)N[C@H](C(=O)Nc1cc2c(cc1F)C(=O)CC1(CCN(C3COC3)CC1)O2)C(C1CC1)C1CC1. The number of anilines is 1. The number of halogens is 1. The first-order valence-corrected chi connectivity index (χ1v) is 14.8. The number of Topliss-reactive ketones (excluding diaryl/α,β-unsaturated/α-hetero) is 1. The summed E-state index contributed by atoms with van der Waals surface area (Å²) in [6.45, 7) is 3.10. The molecule has 2 aliphatic carbocycles. The summed E-state index contributed by atoms with van der Waals surface area (Å²) in [7, 11) is 1.67. The van der Waals surface area contributed by atoms with Gasteiger partial charge in [-0.2, -0.15) is 5.10 Å². The van der Waals surface area contributed by atoms with E-state index in [1.165, 1.54) is 23.0 Å². The lowest BCUT2D eigenvalue weighted by atomic mass is 9.82. The minimum Gasteiger partial charge on any atom is -0.486 e. The van der Waals surface area contributed by atoms with E-state index in [2.05, 4.69) is 20.6 Å². The lowest BCUT2D eigenvalue weighted by Crippen LogP contribution is -2.57. The van der Waals surface area contributed by atoms with Gasteiger partial charge in [0.15, 0.2) is 5.78 Å². The molecule has 4 heterocycles. The van der Waals surface area contributed by atoms with E-state index < -0.39 is 29.3 Å². The number of benzene rings is 1. The summed E-state index contributed by atoms with van der Waals surface area (Å²) >= 11 is 0. The maximum Gasteiger partial charge on any atom is 0.270 e. The number of rotatable bonds is 8. The van der Waals surface area contributed by atoms with Gasteiger partial charge in [-0.25, -0.2) is 4.39 Å². The van der Waals surface area contributed by atoms with Gasteiger partial charge in [-0.15, -0.1) is 0 Å². The third kappa shape index (κ3) is 5.14. The summed E-state index contributed by atoms with van der Waals surface area (Å²) in [6, 6.07) is 3.82. The number of aromatic nitrogens is 2. The van der Waals surface area contributed by atoms with Crippen molar-refractivity contribution in [2.75, 3.05) is 31.6 Å². The molecule has 2 amide bonds. The van der Waals surface area contributed by atoms with Gasteiger partial charge in [0.1, 0.15) is 28.9 Å². The van der Waals surface area contributed by atoms with Gasteiger partial charge in [0.2, 0.25) is 5.91 Å². The van der Waals surface area contributed by atoms with Crippen LogP contribution in [0.4, 0.5) is 10.1 Å². The van der Waals surface area contributed by atoms with Crippen molar-refractivity contribution < 1.29 is 28.2 Å². The van der Waals surface area contributed by atoms with E-state index in [0.29, 0.717) is 42.2 Å². The van der Waals surface area contributed by atoms with Gasteiger partial charge >= 0.3 is 0 Å². The Bertz CT molecular complexity index is 1360. The van der Waals surface area contributed by atoms with Crippen LogP contribution >= 0.6 is 0 Å². The van der Waals surface area contributed by atoms with Crippen LogP contribution in [0.5, 0.6) is 5.75 Å². The largest absolute Gasteiger partial charge is 0.486 e. The Morgan fingerprint density at radius 2 is 1.83 bits per heavy atom. The first-order chi connectivity index (χ1) is 19.8. The Balaban J connectivity index is 1.11. The predicted molar refractivity (Wildman–Crippen MR) is 146 cm³/mol. The molecule has 0 bridgehead atoms. The highest BCUT2D eigenvalue weighted by Gasteiger charge is 2.49. The average molecular weight is 566 g/mol. The van der Waals surface area contributed by atoms with E-state index in [-0.39, 0.29) is 29.4 Å². The molecular weight excluding hydrogens is 529 g/mol. The molecule has 11 heteroatoms. The molecule has 1 spiro atoms. The van der Waals surface area contributed by atoms with Crippen LogP contribution in [-0.4, -0.2) is 76.3 Å². The Hall–Kier alpha value is -3.31. The first-order valence-electron chi connectivity index (χ1n) is 14.8. The number of aryl methyl sites for hydroxylation is 1. The van der Waals surface area contributed by atoms with E-state index in [9.17, 15) is 14.4 Å². The first kappa shape index (κ1) is 26.6. The lowest BCUT2D eigenvalue weighted by Gasteiger charge is -2.47. The number of fused-ring (bicyclic) bond motifs is 1. The second-order valence-corrected chi connectivity index (χ2v) is 12.5. The number of amides is 2. The quantitative estimate of drug-likeness (QED) is 0.506. The molecule has 0 radical (unpaired) electrons. The lowest BCUT2D eigenvalue weighted by molar-refractivity contribution is -0.119. The highest BCUT2D eigenvalue weighted by Crippen LogP contribution is 2.51. The number of nitrogens with zero attached hydrogens (tertiary/aromatic N) is 3. The summed E-state index contributed by atoms with van der Waals surface area (Å²) < 4.78 is 28.6. The van der Waals surface area contributed by atoms with Crippen molar-refractivity contribution in [2.24, 2.45) is 24.8 Å². The van der Waals surface area contributed by atoms with Crippen LogP contribution in [0.1, 0.15) is 65.8 Å². The molecule has 10 nitrogen and oxygen atoms in total. The molecule has 218 valence electrons. The molecule has 5 aliphatic rings. The summed E-state index contributed by atoms with van der Waals surface area (Å²) in [5, 5.41) is 9.77. The molecule has 1 atom stereocenters. The summed E-state index contributed by atoms with van der Waals surface area (Å²) in [5.74, 6) is -0.694. The summed E-state index contributed by atoms with van der Waals surface area (Å²) in [5.41, 5.74) is -0.128. The van der Waals surface area contributed by atoms with Crippen LogP contribution in [0.2, 0.25) is 0 Å². The Labute approximate surface area is 237 Å². The number of hydrogen-bond donors (Lipinski definition) is 2. The van der Waals surface area contributed by atoms with Gasteiger partial charge in [0, 0.05) is 45.2 Å². The van der Waals surface area contributed by atoms with E-state index in [1.807, 2.05) is 0 Å². The highest BCUT2D eigenvalue weighted by atomic mass is 19.1. The van der Waals surface area contributed by atoms with Gasteiger partial charge in [-0.05, 0) is 55.6 Å².